The Labute approximate surface area is 128 Å². The standard InChI is InChI=1S/C18H28O3/c1-6-10-14(5)13-15-11-12-16(19-7-2)18(21-9-4)17(15)20-8-3/h6,10-12,14H,7-9,13H2,1-5H3/b10-6-. The van der Waals surface area contributed by atoms with Crippen molar-refractivity contribution in [2.75, 3.05) is 19.8 Å². The van der Waals surface area contributed by atoms with Gasteiger partial charge >= 0.3 is 0 Å². The van der Waals surface area contributed by atoms with Gasteiger partial charge in [-0.3, -0.25) is 0 Å². The van der Waals surface area contributed by atoms with Crippen molar-refractivity contribution in [3.05, 3.63) is 29.8 Å². The van der Waals surface area contributed by atoms with Crippen LogP contribution in [0.1, 0.15) is 40.2 Å². The summed E-state index contributed by atoms with van der Waals surface area (Å²) in [6.07, 6.45) is 5.21. The average molecular weight is 292 g/mol. The number of hydrogen-bond acceptors (Lipinski definition) is 3. The molecule has 1 aromatic rings. The smallest absolute Gasteiger partial charge is 0.203 e. The lowest BCUT2D eigenvalue weighted by Gasteiger charge is -2.19. The van der Waals surface area contributed by atoms with Crippen LogP contribution in [0.3, 0.4) is 0 Å². The predicted molar refractivity (Wildman–Crippen MR) is 87.6 cm³/mol. The molecule has 0 fully saturated rings. The van der Waals surface area contributed by atoms with E-state index in [9.17, 15) is 0 Å². The summed E-state index contributed by atoms with van der Waals surface area (Å²) < 4.78 is 17.3. The van der Waals surface area contributed by atoms with E-state index in [0.29, 0.717) is 25.7 Å². The van der Waals surface area contributed by atoms with Crippen LogP contribution in [0.4, 0.5) is 0 Å². The molecule has 1 rings (SSSR count). The van der Waals surface area contributed by atoms with Gasteiger partial charge in [0, 0.05) is 0 Å². The Morgan fingerprint density at radius 3 is 2.14 bits per heavy atom. The quantitative estimate of drug-likeness (QED) is 0.621. The van der Waals surface area contributed by atoms with Crippen molar-refractivity contribution in [2.45, 2.75) is 41.0 Å². The van der Waals surface area contributed by atoms with Crippen LogP contribution in [-0.2, 0) is 6.42 Å². The van der Waals surface area contributed by atoms with Crippen LogP contribution >= 0.6 is 0 Å². The van der Waals surface area contributed by atoms with Gasteiger partial charge in [-0.2, -0.15) is 0 Å². The topological polar surface area (TPSA) is 27.7 Å². The molecule has 0 N–H and O–H groups in total. The molecule has 0 bridgehead atoms. The maximum absolute atomic E-state index is 5.86. The summed E-state index contributed by atoms with van der Waals surface area (Å²) in [5.41, 5.74) is 1.16. The number of benzene rings is 1. The highest BCUT2D eigenvalue weighted by atomic mass is 16.5. The van der Waals surface area contributed by atoms with Crippen molar-refractivity contribution in [3.63, 3.8) is 0 Å². The highest BCUT2D eigenvalue weighted by Gasteiger charge is 2.18. The first-order valence-electron chi connectivity index (χ1n) is 7.84. The fraction of sp³-hybridized carbons (Fsp3) is 0.556. The van der Waals surface area contributed by atoms with Crippen molar-refractivity contribution in [2.24, 2.45) is 5.92 Å². The lowest BCUT2D eigenvalue weighted by molar-refractivity contribution is 0.259. The third-order valence-corrected chi connectivity index (χ3v) is 3.10. The van der Waals surface area contributed by atoms with Crippen LogP contribution in [-0.4, -0.2) is 19.8 Å². The summed E-state index contributed by atoms with van der Waals surface area (Å²) in [5.74, 6) is 2.76. The normalized spacial score (nSPS) is 12.4. The molecule has 0 radical (unpaired) electrons. The summed E-state index contributed by atoms with van der Waals surface area (Å²) in [6, 6.07) is 4.06. The highest BCUT2D eigenvalue weighted by molar-refractivity contribution is 5.56. The molecule has 118 valence electrons. The Bertz CT molecular complexity index is 452. The summed E-state index contributed by atoms with van der Waals surface area (Å²) in [6.45, 7) is 12.0. The van der Waals surface area contributed by atoms with Crippen LogP contribution in [0.15, 0.2) is 24.3 Å². The van der Waals surface area contributed by atoms with E-state index in [1.165, 1.54) is 0 Å². The Hall–Kier alpha value is -1.64. The predicted octanol–water partition coefficient (Wildman–Crippen LogP) is 4.64. The Balaban J connectivity index is 3.19. The molecular formula is C18H28O3. The fourth-order valence-corrected chi connectivity index (χ4v) is 2.34. The van der Waals surface area contributed by atoms with Crippen molar-refractivity contribution >= 4 is 0 Å². The van der Waals surface area contributed by atoms with E-state index < -0.39 is 0 Å². The van der Waals surface area contributed by atoms with Crippen LogP contribution in [0.25, 0.3) is 0 Å². The molecule has 0 aliphatic heterocycles. The molecular weight excluding hydrogens is 264 g/mol. The number of allylic oxidation sites excluding steroid dienone is 2. The number of ether oxygens (including phenoxy) is 3. The van der Waals surface area contributed by atoms with Gasteiger partial charge in [-0.05, 0) is 51.7 Å². The van der Waals surface area contributed by atoms with Crippen LogP contribution < -0.4 is 14.2 Å². The SMILES string of the molecule is C/C=C\C(C)Cc1ccc(OCC)c(OCC)c1OCC. The van der Waals surface area contributed by atoms with E-state index in [1.54, 1.807) is 0 Å². The maximum Gasteiger partial charge on any atom is 0.203 e. The zero-order chi connectivity index (χ0) is 15.7. The van der Waals surface area contributed by atoms with Crippen molar-refractivity contribution in [3.8, 4) is 17.2 Å². The van der Waals surface area contributed by atoms with Crippen molar-refractivity contribution in [1.82, 2.24) is 0 Å². The van der Waals surface area contributed by atoms with Gasteiger partial charge in [0.2, 0.25) is 5.75 Å². The number of hydrogen-bond donors (Lipinski definition) is 0. The molecule has 0 amide bonds. The molecule has 21 heavy (non-hydrogen) atoms. The lowest BCUT2D eigenvalue weighted by atomic mass is 9.99. The molecule has 0 spiro atoms. The lowest BCUT2D eigenvalue weighted by Crippen LogP contribution is -2.06. The summed E-state index contributed by atoms with van der Waals surface area (Å²) >= 11 is 0. The molecule has 0 saturated carbocycles. The van der Waals surface area contributed by atoms with Gasteiger partial charge in [0.05, 0.1) is 19.8 Å². The van der Waals surface area contributed by atoms with E-state index in [0.717, 1.165) is 29.2 Å². The highest BCUT2D eigenvalue weighted by Crippen LogP contribution is 2.41. The molecule has 1 atom stereocenters. The molecule has 0 aliphatic rings. The average Bonchev–Trinajstić information content (AvgIpc) is 2.45. The number of rotatable bonds is 9. The van der Waals surface area contributed by atoms with Gasteiger partial charge in [-0.15, -0.1) is 0 Å². The van der Waals surface area contributed by atoms with E-state index in [4.69, 9.17) is 14.2 Å². The van der Waals surface area contributed by atoms with E-state index >= 15 is 0 Å². The third-order valence-electron chi connectivity index (χ3n) is 3.10. The van der Waals surface area contributed by atoms with Gasteiger partial charge in [0.25, 0.3) is 0 Å². The van der Waals surface area contributed by atoms with Crippen molar-refractivity contribution < 1.29 is 14.2 Å². The van der Waals surface area contributed by atoms with Crippen LogP contribution in [0.5, 0.6) is 17.2 Å². The zero-order valence-electron chi connectivity index (χ0n) is 13.9. The first-order chi connectivity index (χ1) is 10.2. The fourth-order valence-electron chi connectivity index (χ4n) is 2.34. The van der Waals surface area contributed by atoms with Gasteiger partial charge in [-0.1, -0.05) is 25.1 Å². The van der Waals surface area contributed by atoms with E-state index in [1.807, 2.05) is 33.8 Å². The second kappa shape index (κ2) is 9.32. The second-order valence-corrected chi connectivity index (χ2v) is 4.89. The summed E-state index contributed by atoms with van der Waals surface area (Å²) in [7, 11) is 0. The van der Waals surface area contributed by atoms with Crippen molar-refractivity contribution in [1.29, 1.82) is 0 Å². The largest absolute Gasteiger partial charge is 0.490 e. The van der Waals surface area contributed by atoms with Crippen LogP contribution in [0, 0.1) is 5.92 Å². The molecule has 0 heterocycles. The minimum Gasteiger partial charge on any atom is -0.490 e. The molecule has 0 saturated heterocycles. The molecule has 1 aromatic carbocycles. The molecule has 0 aliphatic carbocycles. The van der Waals surface area contributed by atoms with E-state index in [2.05, 4.69) is 25.1 Å². The first-order valence-corrected chi connectivity index (χ1v) is 7.84. The van der Waals surface area contributed by atoms with Gasteiger partial charge in [0.1, 0.15) is 0 Å². The minimum absolute atomic E-state index is 0.460. The molecule has 3 heteroatoms. The molecule has 1 unspecified atom stereocenters. The third kappa shape index (κ3) is 5.00. The molecule has 3 nitrogen and oxygen atoms in total. The summed E-state index contributed by atoms with van der Waals surface area (Å²) in [5, 5.41) is 0. The second-order valence-electron chi connectivity index (χ2n) is 4.89. The maximum atomic E-state index is 5.86. The Morgan fingerprint density at radius 1 is 0.952 bits per heavy atom. The minimum atomic E-state index is 0.460. The molecule has 0 aromatic heterocycles. The van der Waals surface area contributed by atoms with Gasteiger partial charge in [-0.25, -0.2) is 0 Å². The first kappa shape index (κ1) is 17.4. The van der Waals surface area contributed by atoms with E-state index in [-0.39, 0.29) is 0 Å². The Morgan fingerprint density at radius 2 is 1.57 bits per heavy atom. The van der Waals surface area contributed by atoms with Gasteiger partial charge < -0.3 is 14.2 Å². The zero-order valence-corrected chi connectivity index (χ0v) is 13.9. The Kier molecular flexibility index (Phi) is 7.73. The monoisotopic (exact) mass is 292 g/mol. The van der Waals surface area contributed by atoms with Gasteiger partial charge in [0.15, 0.2) is 11.5 Å². The van der Waals surface area contributed by atoms with Crippen LogP contribution in [0.2, 0.25) is 0 Å². The summed E-state index contributed by atoms with van der Waals surface area (Å²) in [4.78, 5) is 0.